The Balaban J connectivity index is 1.72. The molecule has 2 N–H and O–H groups in total. The lowest BCUT2D eigenvalue weighted by Gasteiger charge is -2.23. The zero-order valence-electron chi connectivity index (χ0n) is 11.2. The summed E-state index contributed by atoms with van der Waals surface area (Å²) >= 11 is 0. The predicted octanol–water partition coefficient (Wildman–Crippen LogP) is 0.734. The summed E-state index contributed by atoms with van der Waals surface area (Å²) in [5.74, 6) is 0.789. The Morgan fingerprint density at radius 3 is 2.79 bits per heavy atom. The van der Waals surface area contributed by atoms with E-state index in [4.69, 9.17) is 14.2 Å². The van der Waals surface area contributed by atoms with Gasteiger partial charge >= 0.3 is 0 Å². The standard InChI is InChI=1S/C14H21NO4/c1-17-12-4-2-11(3-5-12)14(16)9-15-8-13-10-18-6-7-19-13/h2-5,13-16H,6-10H2,1H3. The van der Waals surface area contributed by atoms with Gasteiger partial charge in [0, 0.05) is 13.1 Å². The van der Waals surface area contributed by atoms with Crippen LogP contribution < -0.4 is 10.1 Å². The molecule has 1 aliphatic heterocycles. The van der Waals surface area contributed by atoms with Crippen LogP contribution in [0.1, 0.15) is 11.7 Å². The minimum Gasteiger partial charge on any atom is -0.497 e. The molecule has 1 aromatic carbocycles. The second kappa shape index (κ2) is 7.45. The molecule has 2 rings (SSSR count). The van der Waals surface area contributed by atoms with Gasteiger partial charge in [-0.05, 0) is 17.7 Å². The smallest absolute Gasteiger partial charge is 0.118 e. The number of nitrogens with one attached hydrogen (secondary N) is 1. The van der Waals surface area contributed by atoms with E-state index in [2.05, 4.69) is 5.32 Å². The molecule has 0 saturated carbocycles. The molecule has 0 aromatic heterocycles. The molecule has 1 heterocycles. The Hall–Kier alpha value is -1.14. The van der Waals surface area contributed by atoms with E-state index in [1.807, 2.05) is 24.3 Å². The van der Waals surface area contributed by atoms with E-state index in [1.54, 1.807) is 7.11 Å². The molecule has 1 saturated heterocycles. The molecule has 2 unspecified atom stereocenters. The van der Waals surface area contributed by atoms with Crippen molar-refractivity contribution in [2.24, 2.45) is 0 Å². The highest BCUT2D eigenvalue weighted by Gasteiger charge is 2.14. The van der Waals surface area contributed by atoms with E-state index in [9.17, 15) is 5.11 Å². The molecule has 0 amide bonds. The Labute approximate surface area is 113 Å². The normalized spacial score (nSPS) is 21.1. The van der Waals surface area contributed by atoms with Crippen LogP contribution in [0.5, 0.6) is 5.75 Å². The molecule has 1 aromatic rings. The molecule has 0 spiro atoms. The van der Waals surface area contributed by atoms with Crippen LogP contribution in [0.15, 0.2) is 24.3 Å². The minimum atomic E-state index is -0.532. The van der Waals surface area contributed by atoms with Crippen LogP contribution in [0.2, 0.25) is 0 Å². The second-order valence-corrected chi connectivity index (χ2v) is 4.51. The summed E-state index contributed by atoms with van der Waals surface area (Å²) in [5.41, 5.74) is 0.870. The lowest BCUT2D eigenvalue weighted by Crippen LogP contribution is -2.38. The number of rotatable bonds is 6. The molecule has 2 atom stereocenters. The molecule has 1 fully saturated rings. The number of benzene rings is 1. The molecule has 5 nitrogen and oxygen atoms in total. The average molecular weight is 267 g/mol. The van der Waals surface area contributed by atoms with Crippen molar-refractivity contribution in [3.63, 3.8) is 0 Å². The third-order valence-corrected chi connectivity index (χ3v) is 3.10. The highest BCUT2D eigenvalue weighted by atomic mass is 16.6. The van der Waals surface area contributed by atoms with Gasteiger partial charge in [-0.3, -0.25) is 0 Å². The quantitative estimate of drug-likeness (QED) is 0.796. The molecule has 0 bridgehead atoms. The topological polar surface area (TPSA) is 60.0 Å². The highest BCUT2D eigenvalue weighted by Crippen LogP contribution is 2.16. The van der Waals surface area contributed by atoms with E-state index in [1.165, 1.54) is 0 Å². The highest BCUT2D eigenvalue weighted by molar-refractivity contribution is 5.28. The van der Waals surface area contributed by atoms with Gasteiger partial charge < -0.3 is 24.6 Å². The van der Waals surface area contributed by atoms with Gasteiger partial charge in [-0.25, -0.2) is 0 Å². The van der Waals surface area contributed by atoms with Crippen molar-refractivity contribution < 1.29 is 19.3 Å². The number of hydrogen-bond donors (Lipinski definition) is 2. The molecule has 5 heteroatoms. The summed E-state index contributed by atoms with van der Waals surface area (Å²) in [7, 11) is 1.62. The van der Waals surface area contributed by atoms with Gasteiger partial charge in [0.1, 0.15) is 5.75 Å². The Morgan fingerprint density at radius 2 is 2.16 bits per heavy atom. The van der Waals surface area contributed by atoms with E-state index < -0.39 is 6.10 Å². The average Bonchev–Trinajstić information content (AvgIpc) is 2.48. The molecule has 106 valence electrons. The predicted molar refractivity (Wildman–Crippen MR) is 71.4 cm³/mol. The third-order valence-electron chi connectivity index (χ3n) is 3.10. The zero-order chi connectivity index (χ0) is 13.5. The van der Waals surface area contributed by atoms with Crippen molar-refractivity contribution in [2.45, 2.75) is 12.2 Å². The van der Waals surface area contributed by atoms with E-state index in [0.29, 0.717) is 32.9 Å². The first kappa shape index (κ1) is 14.3. The maximum atomic E-state index is 10.0. The van der Waals surface area contributed by atoms with Gasteiger partial charge in [0.2, 0.25) is 0 Å². The largest absolute Gasteiger partial charge is 0.497 e. The van der Waals surface area contributed by atoms with Gasteiger partial charge in [0.15, 0.2) is 0 Å². The third kappa shape index (κ3) is 4.47. The number of ether oxygens (including phenoxy) is 3. The van der Waals surface area contributed by atoms with E-state index in [0.717, 1.165) is 11.3 Å². The Morgan fingerprint density at radius 1 is 1.37 bits per heavy atom. The summed E-state index contributed by atoms with van der Waals surface area (Å²) in [6.45, 7) is 3.11. The summed E-state index contributed by atoms with van der Waals surface area (Å²) in [6.07, 6.45) is -0.452. The maximum Gasteiger partial charge on any atom is 0.118 e. The lowest BCUT2D eigenvalue weighted by molar-refractivity contribution is -0.0868. The van der Waals surface area contributed by atoms with E-state index >= 15 is 0 Å². The molecule has 19 heavy (non-hydrogen) atoms. The molecular formula is C14H21NO4. The zero-order valence-corrected chi connectivity index (χ0v) is 11.2. The van der Waals surface area contributed by atoms with Gasteiger partial charge in [-0.15, -0.1) is 0 Å². The van der Waals surface area contributed by atoms with E-state index in [-0.39, 0.29) is 6.10 Å². The first-order valence-electron chi connectivity index (χ1n) is 6.51. The van der Waals surface area contributed by atoms with Crippen LogP contribution in [0, 0.1) is 0 Å². The Kier molecular flexibility index (Phi) is 5.60. The number of aliphatic hydroxyl groups excluding tert-OH is 1. The summed E-state index contributed by atoms with van der Waals surface area (Å²) in [4.78, 5) is 0. The fraction of sp³-hybridized carbons (Fsp3) is 0.571. The summed E-state index contributed by atoms with van der Waals surface area (Å²) in [5, 5.41) is 13.2. The molecule has 0 radical (unpaired) electrons. The molecular weight excluding hydrogens is 246 g/mol. The number of hydrogen-bond acceptors (Lipinski definition) is 5. The number of aliphatic hydroxyl groups is 1. The maximum absolute atomic E-state index is 10.0. The van der Waals surface area contributed by atoms with Crippen LogP contribution >= 0.6 is 0 Å². The van der Waals surface area contributed by atoms with Crippen molar-refractivity contribution in [2.75, 3.05) is 40.0 Å². The first-order valence-corrected chi connectivity index (χ1v) is 6.51. The van der Waals surface area contributed by atoms with Crippen molar-refractivity contribution in [3.05, 3.63) is 29.8 Å². The van der Waals surface area contributed by atoms with Gasteiger partial charge in [-0.2, -0.15) is 0 Å². The monoisotopic (exact) mass is 267 g/mol. The van der Waals surface area contributed by atoms with Gasteiger partial charge in [0.05, 0.1) is 39.1 Å². The van der Waals surface area contributed by atoms with Crippen LogP contribution in [0.25, 0.3) is 0 Å². The van der Waals surface area contributed by atoms with Crippen molar-refractivity contribution in [1.82, 2.24) is 5.32 Å². The van der Waals surface area contributed by atoms with Crippen LogP contribution in [-0.2, 0) is 9.47 Å². The summed E-state index contributed by atoms with van der Waals surface area (Å²) in [6, 6.07) is 7.42. The van der Waals surface area contributed by atoms with Crippen molar-refractivity contribution >= 4 is 0 Å². The van der Waals surface area contributed by atoms with Crippen molar-refractivity contribution in [3.8, 4) is 5.75 Å². The van der Waals surface area contributed by atoms with Gasteiger partial charge in [0.25, 0.3) is 0 Å². The first-order chi connectivity index (χ1) is 9.29. The van der Waals surface area contributed by atoms with Crippen LogP contribution in [0.4, 0.5) is 0 Å². The fourth-order valence-corrected chi connectivity index (χ4v) is 1.98. The second-order valence-electron chi connectivity index (χ2n) is 4.51. The lowest BCUT2D eigenvalue weighted by atomic mass is 10.1. The molecule has 1 aliphatic rings. The van der Waals surface area contributed by atoms with Crippen LogP contribution in [0.3, 0.4) is 0 Å². The molecule has 0 aliphatic carbocycles. The Bertz CT molecular complexity index is 362. The van der Waals surface area contributed by atoms with Crippen LogP contribution in [-0.4, -0.2) is 51.2 Å². The fourth-order valence-electron chi connectivity index (χ4n) is 1.98. The minimum absolute atomic E-state index is 0.0804. The number of methoxy groups -OCH3 is 1. The van der Waals surface area contributed by atoms with Crippen molar-refractivity contribution in [1.29, 1.82) is 0 Å². The van der Waals surface area contributed by atoms with Gasteiger partial charge in [-0.1, -0.05) is 12.1 Å². The summed E-state index contributed by atoms with van der Waals surface area (Å²) < 4.78 is 15.9. The SMILES string of the molecule is COc1ccc(C(O)CNCC2COCCO2)cc1.